The van der Waals surface area contributed by atoms with Crippen LogP contribution in [0, 0.1) is 0 Å². The maximum absolute atomic E-state index is 5.75. The van der Waals surface area contributed by atoms with Crippen LogP contribution in [0.15, 0.2) is 60.0 Å². The second kappa shape index (κ2) is 6.61. The van der Waals surface area contributed by atoms with Crippen molar-refractivity contribution in [1.29, 1.82) is 0 Å². The largest absolute Gasteiger partial charge is 0.489 e. The van der Waals surface area contributed by atoms with Gasteiger partial charge in [0.1, 0.15) is 23.3 Å². The van der Waals surface area contributed by atoms with Crippen LogP contribution in [0.1, 0.15) is 5.56 Å². The molecule has 1 heterocycles. The Bertz CT molecular complexity index is 698. The molecule has 0 unspecified atom stereocenters. The number of benzene rings is 2. The number of aromatic nitrogens is 1. The third-order valence-electron chi connectivity index (χ3n) is 2.73. The highest BCUT2D eigenvalue weighted by atomic mass is 35.5. The first kappa shape index (κ1) is 13.9. The topological polar surface area (TPSA) is 31.4 Å². The van der Waals surface area contributed by atoms with Crippen molar-refractivity contribution in [2.75, 3.05) is 0 Å². The first-order valence-corrected chi connectivity index (χ1v) is 7.61. The summed E-state index contributed by atoms with van der Waals surface area (Å²) in [6, 6.07) is 17.5. The lowest BCUT2D eigenvalue weighted by molar-refractivity contribution is 0.306. The van der Waals surface area contributed by atoms with Gasteiger partial charge in [0.05, 0.1) is 0 Å². The molecule has 106 valence electrons. The maximum Gasteiger partial charge on any atom is 0.280 e. The van der Waals surface area contributed by atoms with Crippen molar-refractivity contribution in [3.05, 3.63) is 70.7 Å². The number of thiazole rings is 1. The van der Waals surface area contributed by atoms with Crippen LogP contribution in [0.5, 0.6) is 16.7 Å². The van der Waals surface area contributed by atoms with E-state index in [0.29, 0.717) is 22.7 Å². The van der Waals surface area contributed by atoms with Gasteiger partial charge < -0.3 is 9.47 Å². The molecule has 0 aliphatic heterocycles. The molecule has 3 nitrogen and oxygen atoms in total. The smallest absolute Gasteiger partial charge is 0.280 e. The van der Waals surface area contributed by atoms with Crippen LogP contribution in [0.25, 0.3) is 0 Å². The Hall–Kier alpha value is -2.04. The van der Waals surface area contributed by atoms with E-state index in [9.17, 15) is 0 Å². The van der Waals surface area contributed by atoms with Crippen molar-refractivity contribution in [3.8, 4) is 16.7 Å². The molecule has 21 heavy (non-hydrogen) atoms. The Morgan fingerprint density at radius 2 is 1.67 bits per heavy atom. The Balaban J connectivity index is 1.59. The zero-order valence-electron chi connectivity index (χ0n) is 11.0. The summed E-state index contributed by atoms with van der Waals surface area (Å²) in [5, 5.41) is 2.70. The molecule has 2 aromatic carbocycles. The van der Waals surface area contributed by atoms with Crippen molar-refractivity contribution >= 4 is 22.9 Å². The van der Waals surface area contributed by atoms with Gasteiger partial charge in [-0.2, -0.15) is 4.98 Å². The van der Waals surface area contributed by atoms with Crippen LogP contribution < -0.4 is 9.47 Å². The van der Waals surface area contributed by atoms with Crippen LogP contribution >= 0.6 is 22.9 Å². The summed E-state index contributed by atoms with van der Waals surface area (Å²) in [4.78, 5) is 4.03. The number of rotatable bonds is 5. The first-order valence-electron chi connectivity index (χ1n) is 6.35. The van der Waals surface area contributed by atoms with Crippen molar-refractivity contribution in [2.24, 2.45) is 0 Å². The standard InChI is InChI=1S/C16H12ClNO2S/c17-15-11-21-16(18-15)20-14-8-6-13(7-9-14)19-10-12-4-2-1-3-5-12/h1-9,11H,10H2. The van der Waals surface area contributed by atoms with E-state index in [0.717, 1.165) is 11.3 Å². The first-order chi connectivity index (χ1) is 10.3. The summed E-state index contributed by atoms with van der Waals surface area (Å²) in [7, 11) is 0. The second-order valence-electron chi connectivity index (χ2n) is 4.28. The molecule has 0 aliphatic carbocycles. The minimum Gasteiger partial charge on any atom is -0.489 e. The number of hydrogen-bond acceptors (Lipinski definition) is 4. The van der Waals surface area contributed by atoms with Crippen LogP contribution in [0.3, 0.4) is 0 Å². The lowest BCUT2D eigenvalue weighted by Gasteiger charge is -2.07. The fourth-order valence-electron chi connectivity index (χ4n) is 1.73. The summed E-state index contributed by atoms with van der Waals surface area (Å²) < 4.78 is 11.3. The quantitative estimate of drug-likeness (QED) is 0.650. The van der Waals surface area contributed by atoms with Crippen LogP contribution in [0.4, 0.5) is 0 Å². The highest BCUT2D eigenvalue weighted by molar-refractivity contribution is 7.11. The Morgan fingerprint density at radius 3 is 2.33 bits per heavy atom. The number of ether oxygens (including phenoxy) is 2. The second-order valence-corrected chi connectivity index (χ2v) is 5.49. The molecule has 0 atom stereocenters. The highest BCUT2D eigenvalue weighted by Gasteiger charge is 2.03. The Labute approximate surface area is 131 Å². The molecule has 0 fully saturated rings. The molecule has 0 saturated carbocycles. The van der Waals surface area contributed by atoms with Crippen molar-refractivity contribution in [1.82, 2.24) is 4.98 Å². The normalized spacial score (nSPS) is 10.3. The maximum atomic E-state index is 5.75. The van der Waals surface area contributed by atoms with E-state index < -0.39 is 0 Å². The molecule has 3 rings (SSSR count). The highest BCUT2D eigenvalue weighted by Crippen LogP contribution is 2.28. The number of nitrogens with zero attached hydrogens (tertiary/aromatic N) is 1. The van der Waals surface area contributed by atoms with E-state index in [4.69, 9.17) is 21.1 Å². The molecule has 0 aliphatic rings. The summed E-state index contributed by atoms with van der Waals surface area (Å²) >= 11 is 7.11. The van der Waals surface area contributed by atoms with E-state index in [2.05, 4.69) is 4.98 Å². The van der Waals surface area contributed by atoms with Gasteiger partial charge in [-0.3, -0.25) is 0 Å². The molecule has 0 spiro atoms. The van der Waals surface area contributed by atoms with E-state index >= 15 is 0 Å². The minimum atomic E-state index is 0.442. The number of halogens is 1. The van der Waals surface area contributed by atoms with Gasteiger partial charge in [0.25, 0.3) is 5.19 Å². The SMILES string of the molecule is Clc1csc(Oc2ccc(OCc3ccccc3)cc2)n1. The Morgan fingerprint density at radius 1 is 0.952 bits per heavy atom. The van der Waals surface area contributed by atoms with E-state index in [-0.39, 0.29) is 0 Å². The monoisotopic (exact) mass is 317 g/mol. The molecule has 0 bridgehead atoms. The van der Waals surface area contributed by atoms with Crippen LogP contribution in [-0.2, 0) is 6.61 Å². The summed E-state index contributed by atoms with van der Waals surface area (Å²) in [5.74, 6) is 1.50. The van der Waals surface area contributed by atoms with Gasteiger partial charge in [0.2, 0.25) is 0 Å². The lowest BCUT2D eigenvalue weighted by atomic mass is 10.2. The van der Waals surface area contributed by atoms with E-state index in [1.165, 1.54) is 11.3 Å². The predicted molar refractivity (Wildman–Crippen MR) is 84.4 cm³/mol. The summed E-state index contributed by atoms with van der Waals surface area (Å²) in [6.45, 7) is 0.545. The molecular weight excluding hydrogens is 306 g/mol. The van der Waals surface area contributed by atoms with Gasteiger partial charge in [-0.25, -0.2) is 0 Å². The lowest BCUT2D eigenvalue weighted by Crippen LogP contribution is -1.94. The molecular formula is C16H12ClNO2S. The fourth-order valence-corrected chi connectivity index (χ4v) is 2.54. The van der Waals surface area contributed by atoms with Gasteiger partial charge in [-0.05, 0) is 29.8 Å². The molecule has 1 aromatic heterocycles. The third-order valence-corrected chi connectivity index (χ3v) is 3.77. The zero-order valence-corrected chi connectivity index (χ0v) is 12.6. The third kappa shape index (κ3) is 3.97. The predicted octanol–water partition coefficient (Wildman–Crippen LogP) is 5.17. The van der Waals surface area contributed by atoms with Gasteiger partial charge in [-0.15, -0.1) is 0 Å². The molecule has 3 aromatic rings. The zero-order chi connectivity index (χ0) is 14.5. The van der Waals surface area contributed by atoms with Gasteiger partial charge in [-0.1, -0.05) is 53.3 Å². The van der Waals surface area contributed by atoms with Crippen molar-refractivity contribution in [2.45, 2.75) is 6.61 Å². The fraction of sp³-hybridized carbons (Fsp3) is 0.0625. The Kier molecular flexibility index (Phi) is 4.38. The molecule has 0 N–H and O–H groups in total. The molecule has 0 radical (unpaired) electrons. The van der Waals surface area contributed by atoms with Crippen molar-refractivity contribution < 1.29 is 9.47 Å². The van der Waals surface area contributed by atoms with E-state index in [1.54, 1.807) is 5.38 Å². The van der Waals surface area contributed by atoms with Crippen LogP contribution in [0.2, 0.25) is 5.15 Å². The average Bonchev–Trinajstić information content (AvgIpc) is 2.93. The molecule has 5 heteroatoms. The van der Waals surface area contributed by atoms with Gasteiger partial charge in [0, 0.05) is 5.38 Å². The molecule has 0 amide bonds. The molecule has 0 saturated heterocycles. The van der Waals surface area contributed by atoms with Gasteiger partial charge in [0.15, 0.2) is 0 Å². The van der Waals surface area contributed by atoms with E-state index in [1.807, 2.05) is 54.6 Å². The van der Waals surface area contributed by atoms with Crippen LogP contribution in [-0.4, -0.2) is 4.98 Å². The summed E-state index contributed by atoms with van der Waals surface area (Å²) in [5.41, 5.74) is 1.13. The number of hydrogen-bond donors (Lipinski definition) is 0. The summed E-state index contributed by atoms with van der Waals surface area (Å²) in [6.07, 6.45) is 0. The van der Waals surface area contributed by atoms with Gasteiger partial charge >= 0.3 is 0 Å². The van der Waals surface area contributed by atoms with Crippen molar-refractivity contribution in [3.63, 3.8) is 0 Å². The minimum absolute atomic E-state index is 0.442. The average molecular weight is 318 g/mol.